The van der Waals surface area contributed by atoms with E-state index in [1.54, 1.807) is 0 Å². The summed E-state index contributed by atoms with van der Waals surface area (Å²) in [6, 6.07) is -0.747. The van der Waals surface area contributed by atoms with Gasteiger partial charge in [0.2, 0.25) is 0 Å². The van der Waals surface area contributed by atoms with Crippen molar-refractivity contribution in [3.63, 3.8) is 0 Å². The first kappa shape index (κ1) is 8.72. The summed E-state index contributed by atoms with van der Waals surface area (Å²) >= 11 is 5.30. The fourth-order valence-corrected chi connectivity index (χ4v) is 0.575. The highest BCUT2D eigenvalue weighted by Crippen LogP contribution is 1.95. The first-order valence-corrected chi connectivity index (χ1v) is 3.26. The van der Waals surface area contributed by atoms with Gasteiger partial charge in [-0.2, -0.15) is 0 Å². The van der Waals surface area contributed by atoms with Crippen molar-refractivity contribution in [1.29, 1.82) is 0 Å². The molecular weight excluding hydrogens is 142 g/mol. The Morgan fingerprint density at radius 1 is 1.78 bits per heavy atom. The van der Waals surface area contributed by atoms with Crippen molar-refractivity contribution in [2.24, 2.45) is 5.73 Å². The second-order valence-corrected chi connectivity index (χ2v) is 2.15. The van der Waals surface area contributed by atoms with Gasteiger partial charge in [0.1, 0.15) is 6.04 Å². The highest BCUT2D eigenvalue weighted by Gasteiger charge is 2.08. The third-order valence-electron chi connectivity index (χ3n) is 0.966. The van der Waals surface area contributed by atoms with Crippen molar-refractivity contribution < 1.29 is 9.90 Å². The molecule has 0 heterocycles. The minimum Gasteiger partial charge on any atom is -0.480 e. The molecule has 0 aromatic heterocycles. The summed E-state index contributed by atoms with van der Waals surface area (Å²) in [5, 5.41) is 8.24. The number of carboxylic acids is 1. The number of carboxylic acid groups (broad SMARTS) is 1. The van der Waals surface area contributed by atoms with Crippen molar-refractivity contribution in [1.82, 2.24) is 0 Å². The van der Waals surface area contributed by atoms with E-state index in [-0.39, 0.29) is 0 Å². The Hall–Kier alpha value is -0.280. The largest absolute Gasteiger partial charge is 0.480 e. The number of aliphatic carboxylic acids is 1. The predicted octanol–water partition coefficient (Wildman–Crippen LogP) is 0.417. The van der Waals surface area contributed by atoms with E-state index in [4.69, 9.17) is 22.4 Å². The van der Waals surface area contributed by atoms with Crippen LogP contribution in [0.25, 0.3) is 0 Å². The van der Waals surface area contributed by atoms with Crippen LogP contribution in [0.4, 0.5) is 0 Å². The lowest BCUT2D eigenvalue weighted by Crippen LogP contribution is -2.29. The van der Waals surface area contributed by atoms with Gasteiger partial charge in [0.15, 0.2) is 0 Å². The maximum Gasteiger partial charge on any atom is 0.320 e. The second kappa shape index (κ2) is 4.58. The van der Waals surface area contributed by atoms with E-state index < -0.39 is 12.0 Å². The van der Waals surface area contributed by atoms with Gasteiger partial charge in [-0.05, 0) is 12.8 Å². The molecule has 0 bridgehead atoms. The van der Waals surface area contributed by atoms with Crippen LogP contribution in [-0.4, -0.2) is 23.0 Å². The molecule has 0 saturated heterocycles. The zero-order valence-electron chi connectivity index (χ0n) is 5.01. The quantitative estimate of drug-likeness (QED) is 0.573. The van der Waals surface area contributed by atoms with Crippen molar-refractivity contribution >= 4 is 17.6 Å². The molecule has 0 saturated carbocycles. The topological polar surface area (TPSA) is 63.3 Å². The molecule has 54 valence electrons. The molecule has 0 fully saturated rings. The average Bonchev–Trinajstić information content (AvgIpc) is 1.82. The van der Waals surface area contributed by atoms with Gasteiger partial charge in [0, 0.05) is 5.88 Å². The van der Waals surface area contributed by atoms with Crippen LogP contribution in [0.2, 0.25) is 0 Å². The molecule has 0 aliphatic carbocycles. The van der Waals surface area contributed by atoms with E-state index in [9.17, 15) is 4.79 Å². The van der Waals surface area contributed by atoms with Gasteiger partial charge >= 0.3 is 5.97 Å². The number of carbonyl (C=O) groups is 1. The first-order valence-electron chi connectivity index (χ1n) is 2.73. The minimum atomic E-state index is -0.958. The Balaban J connectivity index is 3.27. The number of nitrogens with two attached hydrogens (primary N) is 1. The molecule has 0 aliphatic heterocycles. The smallest absolute Gasteiger partial charge is 0.320 e. The number of halogens is 1. The lowest BCUT2D eigenvalue weighted by atomic mass is 10.2. The normalized spacial score (nSPS) is 13.1. The lowest BCUT2D eigenvalue weighted by Gasteiger charge is -2.01. The van der Waals surface area contributed by atoms with Crippen LogP contribution in [0, 0.1) is 0 Å². The maximum absolute atomic E-state index is 10.0. The lowest BCUT2D eigenvalue weighted by molar-refractivity contribution is -0.138. The highest BCUT2D eigenvalue weighted by atomic mass is 35.5. The van der Waals surface area contributed by atoms with E-state index in [0.29, 0.717) is 18.7 Å². The third kappa shape index (κ3) is 4.24. The molecule has 0 aliphatic rings. The van der Waals surface area contributed by atoms with E-state index in [1.807, 2.05) is 0 Å². The molecule has 4 heteroatoms. The predicted molar refractivity (Wildman–Crippen MR) is 35.6 cm³/mol. The Labute approximate surface area is 58.8 Å². The second-order valence-electron chi connectivity index (χ2n) is 1.78. The minimum absolute atomic E-state index is 0.457. The number of hydrogen-bond donors (Lipinski definition) is 2. The molecule has 0 spiro atoms. The fourth-order valence-electron chi connectivity index (χ4n) is 0.421. The molecule has 0 aromatic carbocycles. The SMILES string of the molecule is N[C@@H](CCCCl)C(=O)O. The summed E-state index contributed by atoms with van der Waals surface area (Å²) in [6.45, 7) is 0. The standard InChI is InChI=1S/C5H10ClNO2/c6-3-1-2-4(7)5(8)9/h4H,1-3,7H2,(H,8,9)/t4-/m0/s1. The summed E-state index contributed by atoms with van der Waals surface area (Å²) < 4.78 is 0. The van der Waals surface area contributed by atoms with Crippen LogP contribution >= 0.6 is 11.6 Å². The van der Waals surface area contributed by atoms with E-state index in [0.717, 1.165) is 0 Å². The van der Waals surface area contributed by atoms with Gasteiger partial charge < -0.3 is 10.8 Å². The molecule has 0 radical (unpaired) electrons. The first-order chi connectivity index (χ1) is 4.18. The van der Waals surface area contributed by atoms with Crippen LogP contribution in [0.15, 0.2) is 0 Å². The van der Waals surface area contributed by atoms with Crippen LogP contribution < -0.4 is 5.73 Å². The summed E-state index contributed by atoms with van der Waals surface area (Å²) in [5.74, 6) is -0.485. The van der Waals surface area contributed by atoms with Crippen LogP contribution in [-0.2, 0) is 4.79 Å². The maximum atomic E-state index is 10.0. The molecule has 0 rings (SSSR count). The molecular formula is C5H10ClNO2. The van der Waals surface area contributed by atoms with E-state index >= 15 is 0 Å². The van der Waals surface area contributed by atoms with E-state index in [2.05, 4.69) is 0 Å². The molecule has 1 atom stereocenters. The Bertz CT molecular complexity index is 97.0. The Kier molecular flexibility index (Phi) is 4.44. The average molecular weight is 152 g/mol. The summed E-state index contributed by atoms with van der Waals surface area (Å²) in [7, 11) is 0. The van der Waals surface area contributed by atoms with Gasteiger partial charge in [-0.25, -0.2) is 0 Å². The van der Waals surface area contributed by atoms with Crippen LogP contribution in [0.3, 0.4) is 0 Å². The summed E-state index contributed by atoms with van der Waals surface area (Å²) in [5.41, 5.74) is 5.14. The Morgan fingerprint density at radius 3 is 2.67 bits per heavy atom. The molecule has 0 aromatic rings. The number of rotatable bonds is 4. The molecule has 3 N–H and O–H groups in total. The zero-order valence-corrected chi connectivity index (χ0v) is 5.77. The van der Waals surface area contributed by atoms with Gasteiger partial charge in [-0.3, -0.25) is 4.79 Å². The highest BCUT2D eigenvalue weighted by molar-refractivity contribution is 6.17. The van der Waals surface area contributed by atoms with Gasteiger partial charge in [0.25, 0.3) is 0 Å². The monoisotopic (exact) mass is 151 g/mol. The van der Waals surface area contributed by atoms with Crippen LogP contribution in [0.5, 0.6) is 0 Å². The number of hydrogen-bond acceptors (Lipinski definition) is 2. The van der Waals surface area contributed by atoms with Gasteiger partial charge in [0.05, 0.1) is 0 Å². The summed E-state index contributed by atoms with van der Waals surface area (Å²) in [4.78, 5) is 10.0. The van der Waals surface area contributed by atoms with Crippen molar-refractivity contribution in [3.05, 3.63) is 0 Å². The van der Waals surface area contributed by atoms with Crippen molar-refractivity contribution in [3.8, 4) is 0 Å². The van der Waals surface area contributed by atoms with Crippen molar-refractivity contribution in [2.75, 3.05) is 5.88 Å². The molecule has 0 amide bonds. The summed E-state index contributed by atoms with van der Waals surface area (Å²) in [6.07, 6.45) is 1.12. The van der Waals surface area contributed by atoms with E-state index in [1.165, 1.54) is 0 Å². The molecule has 9 heavy (non-hydrogen) atoms. The van der Waals surface area contributed by atoms with Crippen molar-refractivity contribution in [2.45, 2.75) is 18.9 Å². The van der Waals surface area contributed by atoms with Gasteiger partial charge in [-0.15, -0.1) is 11.6 Å². The third-order valence-corrected chi connectivity index (χ3v) is 1.23. The molecule has 3 nitrogen and oxygen atoms in total. The fraction of sp³-hybridized carbons (Fsp3) is 0.800. The van der Waals surface area contributed by atoms with Crippen LogP contribution in [0.1, 0.15) is 12.8 Å². The Morgan fingerprint density at radius 2 is 2.33 bits per heavy atom. The van der Waals surface area contributed by atoms with Gasteiger partial charge in [-0.1, -0.05) is 0 Å². The molecule has 0 unspecified atom stereocenters. The number of alkyl halides is 1. The zero-order chi connectivity index (χ0) is 7.28.